The van der Waals surface area contributed by atoms with Gasteiger partial charge in [-0.15, -0.1) is 0 Å². The van der Waals surface area contributed by atoms with Gasteiger partial charge in [0.25, 0.3) is 0 Å². The average molecular weight is 328 g/mol. The average Bonchev–Trinajstić information content (AvgIpc) is 2.62. The number of aldehydes is 1. The van der Waals surface area contributed by atoms with Crippen LogP contribution < -0.4 is 10.6 Å². The molecule has 5 heteroatoms. The number of methoxy groups -OCH3 is 2. The van der Waals surface area contributed by atoms with E-state index in [1.807, 2.05) is 36.4 Å². The van der Waals surface area contributed by atoms with E-state index in [4.69, 9.17) is 15.2 Å². The molecule has 2 aromatic rings. The van der Waals surface area contributed by atoms with Crippen LogP contribution in [0.4, 0.5) is 11.4 Å². The van der Waals surface area contributed by atoms with Gasteiger partial charge in [0.15, 0.2) is 0 Å². The molecule has 0 saturated carbocycles. The second-order valence-corrected chi connectivity index (χ2v) is 5.49. The largest absolute Gasteiger partial charge is 0.398 e. The van der Waals surface area contributed by atoms with E-state index in [1.165, 1.54) is 0 Å². The monoisotopic (exact) mass is 328 g/mol. The number of ether oxygens (including phenoxy) is 2. The van der Waals surface area contributed by atoms with Crippen molar-refractivity contribution in [3.8, 4) is 11.1 Å². The highest BCUT2D eigenvalue weighted by Crippen LogP contribution is 2.30. The molecule has 24 heavy (non-hydrogen) atoms. The van der Waals surface area contributed by atoms with Crippen LogP contribution in [0.3, 0.4) is 0 Å². The molecule has 0 spiro atoms. The number of carbonyl (C=O) groups is 1. The maximum Gasteiger partial charge on any atom is 0.150 e. The zero-order chi connectivity index (χ0) is 17.4. The zero-order valence-electron chi connectivity index (χ0n) is 14.2. The molecule has 0 aromatic heterocycles. The highest BCUT2D eigenvalue weighted by Gasteiger charge is 2.10. The minimum atomic E-state index is 0.629. The van der Waals surface area contributed by atoms with Gasteiger partial charge in [0.1, 0.15) is 6.29 Å². The fourth-order valence-corrected chi connectivity index (χ4v) is 2.54. The minimum Gasteiger partial charge on any atom is -0.398 e. The standard InChI is InChI=1S/C19H24N2O3/c1-23-10-8-21(9-11-24-2)17-6-7-19(20)18(13-17)16-5-3-4-15(12-16)14-22/h3-7,12-14H,8-11,20H2,1-2H3. The van der Waals surface area contributed by atoms with Crippen molar-refractivity contribution in [3.63, 3.8) is 0 Å². The van der Waals surface area contributed by atoms with Crippen molar-refractivity contribution in [1.29, 1.82) is 0 Å². The Morgan fingerprint density at radius 1 is 1.04 bits per heavy atom. The molecule has 2 rings (SSSR count). The predicted molar refractivity (Wildman–Crippen MR) is 97.6 cm³/mol. The molecule has 0 radical (unpaired) electrons. The molecule has 0 atom stereocenters. The fraction of sp³-hybridized carbons (Fsp3) is 0.316. The third kappa shape index (κ3) is 4.57. The Hall–Kier alpha value is -2.37. The molecular weight excluding hydrogens is 304 g/mol. The van der Waals surface area contributed by atoms with E-state index in [9.17, 15) is 4.79 Å². The number of anilines is 2. The summed E-state index contributed by atoms with van der Waals surface area (Å²) in [6, 6.07) is 13.4. The molecular formula is C19H24N2O3. The second-order valence-electron chi connectivity index (χ2n) is 5.49. The van der Waals surface area contributed by atoms with Crippen LogP contribution in [-0.4, -0.2) is 46.8 Å². The van der Waals surface area contributed by atoms with Gasteiger partial charge in [0.05, 0.1) is 13.2 Å². The molecule has 0 aliphatic carbocycles. The number of benzene rings is 2. The Bertz CT molecular complexity index is 665. The van der Waals surface area contributed by atoms with Crippen molar-refractivity contribution in [2.45, 2.75) is 0 Å². The number of nitrogens with zero attached hydrogens (tertiary/aromatic N) is 1. The zero-order valence-corrected chi connectivity index (χ0v) is 14.2. The highest BCUT2D eigenvalue weighted by atomic mass is 16.5. The van der Waals surface area contributed by atoms with E-state index in [0.29, 0.717) is 24.5 Å². The smallest absolute Gasteiger partial charge is 0.150 e. The molecule has 128 valence electrons. The van der Waals surface area contributed by atoms with Crippen LogP contribution in [0.15, 0.2) is 42.5 Å². The number of nitrogens with two attached hydrogens (primary N) is 1. The van der Waals surface area contributed by atoms with Crippen LogP contribution in [0.25, 0.3) is 11.1 Å². The molecule has 0 aliphatic rings. The molecule has 0 bridgehead atoms. The Morgan fingerprint density at radius 3 is 2.38 bits per heavy atom. The second kappa shape index (κ2) is 9.05. The molecule has 0 fully saturated rings. The number of carbonyl (C=O) groups excluding carboxylic acids is 1. The number of rotatable bonds is 9. The molecule has 2 aromatic carbocycles. The normalized spacial score (nSPS) is 10.6. The fourth-order valence-electron chi connectivity index (χ4n) is 2.54. The van der Waals surface area contributed by atoms with Gasteiger partial charge in [-0.1, -0.05) is 18.2 Å². The summed E-state index contributed by atoms with van der Waals surface area (Å²) in [6.07, 6.45) is 0.840. The van der Waals surface area contributed by atoms with Gasteiger partial charge in [-0.25, -0.2) is 0 Å². The summed E-state index contributed by atoms with van der Waals surface area (Å²) in [6.45, 7) is 2.78. The first-order valence-corrected chi connectivity index (χ1v) is 7.87. The Labute approximate surface area is 143 Å². The lowest BCUT2D eigenvalue weighted by atomic mass is 10.0. The third-order valence-corrected chi connectivity index (χ3v) is 3.87. The van der Waals surface area contributed by atoms with Crippen LogP contribution in [0.5, 0.6) is 0 Å². The van der Waals surface area contributed by atoms with Gasteiger partial charge in [0, 0.05) is 49.8 Å². The maximum absolute atomic E-state index is 11.0. The van der Waals surface area contributed by atoms with Gasteiger partial charge >= 0.3 is 0 Å². The van der Waals surface area contributed by atoms with E-state index in [2.05, 4.69) is 4.90 Å². The lowest BCUT2D eigenvalue weighted by Gasteiger charge is -2.25. The van der Waals surface area contributed by atoms with E-state index in [-0.39, 0.29) is 0 Å². The van der Waals surface area contributed by atoms with Crippen LogP contribution in [-0.2, 0) is 9.47 Å². The molecule has 2 N–H and O–H groups in total. The van der Waals surface area contributed by atoms with Crippen molar-refractivity contribution in [2.24, 2.45) is 0 Å². The van der Waals surface area contributed by atoms with Gasteiger partial charge < -0.3 is 20.1 Å². The number of hydrogen-bond donors (Lipinski definition) is 1. The van der Waals surface area contributed by atoms with E-state index in [0.717, 1.165) is 36.2 Å². The minimum absolute atomic E-state index is 0.629. The van der Waals surface area contributed by atoms with Crippen LogP contribution in [0.2, 0.25) is 0 Å². The predicted octanol–water partition coefficient (Wildman–Crippen LogP) is 2.85. The van der Waals surface area contributed by atoms with Crippen LogP contribution in [0, 0.1) is 0 Å². The Balaban J connectivity index is 2.35. The maximum atomic E-state index is 11.0. The van der Waals surface area contributed by atoms with Crippen molar-refractivity contribution < 1.29 is 14.3 Å². The molecule has 0 heterocycles. The first-order valence-electron chi connectivity index (χ1n) is 7.87. The van der Waals surface area contributed by atoms with Crippen molar-refractivity contribution in [3.05, 3.63) is 48.0 Å². The molecule has 0 aliphatic heterocycles. The van der Waals surface area contributed by atoms with Gasteiger partial charge in [-0.3, -0.25) is 4.79 Å². The van der Waals surface area contributed by atoms with Crippen molar-refractivity contribution >= 4 is 17.7 Å². The summed E-state index contributed by atoms with van der Waals surface area (Å²) >= 11 is 0. The quantitative estimate of drug-likeness (QED) is 0.566. The number of hydrogen-bond acceptors (Lipinski definition) is 5. The molecule has 0 amide bonds. The lowest BCUT2D eigenvalue weighted by molar-refractivity contribution is 0.112. The van der Waals surface area contributed by atoms with Crippen molar-refractivity contribution in [2.75, 3.05) is 51.2 Å². The van der Waals surface area contributed by atoms with E-state index in [1.54, 1.807) is 20.3 Å². The van der Waals surface area contributed by atoms with E-state index >= 15 is 0 Å². The molecule has 0 unspecified atom stereocenters. The molecule has 0 saturated heterocycles. The summed E-state index contributed by atoms with van der Waals surface area (Å²) in [5.41, 5.74) is 10.4. The first kappa shape index (κ1) is 18.0. The van der Waals surface area contributed by atoms with Crippen molar-refractivity contribution in [1.82, 2.24) is 0 Å². The van der Waals surface area contributed by atoms with Gasteiger partial charge in [-0.2, -0.15) is 0 Å². The lowest BCUT2D eigenvalue weighted by Crippen LogP contribution is -2.30. The Kier molecular flexibility index (Phi) is 6.78. The third-order valence-electron chi connectivity index (χ3n) is 3.87. The van der Waals surface area contributed by atoms with Gasteiger partial charge in [0.2, 0.25) is 0 Å². The van der Waals surface area contributed by atoms with E-state index < -0.39 is 0 Å². The summed E-state index contributed by atoms with van der Waals surface area (Å²) < 4.78 is 10.4. The van der Waals surface area contributed by atoms with Gasteiger partial charge in [-0.05, 0) is 29.8 Å². The summed E-state index contributed by atoms with van der Waals surface area (Å²) in [4.78, 5) is 13.2. The first-order chi connectivity index (χ1) is 11.7. The number of nitrogen functional groups attached to an aromatic ring is 1. The summed E-state index contributed by atoms with van der Waals surface area (Å²) in [7, 11) is 3.38. The highest BCUT2D eigenvalue weighted by molar-refractivity contribution is 5.84. The Morgan fingerprint density at radius 2 is 1.75 bits per heavy atom. The SMILES string of the molecule is COCCN(CCOC)c1ccc(N)c(-c2cccc(C=O)c2)c1. The summed E-state index contributed by atoms with van der Waals surface area (Å²) in [5.74, 6) is 0. The van der Waals surface area contributed by atoms with Crippen LogP contribution >= 0.6 is 0 Å². The molecule has 5 nitrogen and oxygen atoms in total. The topological polar surface area (TPSA) is 64.8 Å². The summed E-state index contributed by atoms with van der Waals surface area (Å²) in [5, 5.41) is 0. The van der Waals surface area contributed by atoms with Crippen LogP contribution in [0.1, 0.15) is 10.4 Å².